The number of anilines is 1. The fraction of sp³-hybridized carbons (Fsp3) is 0.250. The molecule has 2 heterocycles. The van der Waals surface area contributed by atoms with Gasteiger partial charge in [-0.25, -0.2) is 0 Å². The predicted molar refractivity (Wildman–Crippen MR) is 139 cm³/mol. The van der Waals surface area contributed by atoms with Gasteiger partial charge in [-0.05, 0) is 62.2 Å². The number of rotatable bonds is 8. The van der Waals surface area contributed by atoms with Crippen LogP contribution in [0.25, 0.3) is 33.1 Å². The van der Waals surface area contributed by atoms with Gasteiger partial charge in [0.15, 0.2) is 5.58 Å². The second-order valence-electron chi connectivity index (χ2n) is 8.83. The largest absolute Gasteiger partial charge is 0.487 e. The maximum Gasteiger partial charge on any atom is 0.310 e. The van der Waals surface area contributed by atoms with E-state index in [4.69, 9.17) is 24.7 Å². The molecule has 2 N–H and O–H groups in total. The van der Waals surface area contributed by atoms with Crippen LogP contribution in [0.5, 0.6) is 5.75 Å². The van der Waals surface area contributed by atoms with Crippen molar-refractivity contribution in [2.45, 2.75) is 39.8 Å². The maximum absolute atomic E-state index is 12.0. The number of para-hydroxylation sites is 1. The second kappa shape index (κ2) is 9.73. The Balaban J connectivity index is 1.48. The molecule has 0 spiro atoms. The molecule has 0 aliphatic carbocycles. The van der Waals surface area contributed by atoms with Crippen molar-refractivity contribution in [2.24, 2.45) is 0 Å². The summed E-state index contributed by atoms with van der Waals surface area (Å²) >= 11 is 0. The van der Waals surface area contributed by atoms with Gasteiger partial charge in [0.05, 0.1) is 18.5 Å². The number of nitrogens with zero attached hydrogens (tertiary/aromatic N) is 3. The van der Waals surface area contributed by atoms with Crippen LogP contribution >= 0.6 is 0 Å². The molecule has 0 unspecified atom stereocenters. The molecule has 3 aromatic carbocycles. The summed E-state index contributed by atoms with van der Waals surface area (Å²) in [5.41, 5.74) is 11.7. The molecule has 0 aliphatic heterocycles. The van der Waals surface area contributed by atoms with E-state index in [2.05, 4.69) is 37.0 Å². The van der Waals surface area contributed by atoms with Crippen LogP contribution in [-0.4, -0.2) is 27.3 Å². The number of esters is 1. The van der Waals surface area contributed by atoms with E-state index in [1.165, 1.54) is 0 Å². The van der Waals surface area contributed by atoms with Crippen LogP contribution < -0.4 is 10.5 Å². The number of oxazole rings is 1. The lowest BCUT2D eigenvalue weighted by Gasteiger charge is -2.10. The van der Waals surface area contributed by atoms with Crippen LogP contribution in [-0.2, 0) is 22.6 Å². The van der Waals surface area contributed by atoms with Crippen molar-refractivity contribution in [1.29, 1.82) is 0 Å². The summed E-state index contributed by atoms with van der Waals surface area (Å²) in [5.74, 6) is 0.363. The van der Waals surface area contributed by atoms with Crippen molar-refractivity contribution in [1.82, 2.24) is 14.8 Å². The third kappa shape index (κ3) is 4.62. The minimum Gasteiger partial charge on any atom is -0.487 e. The normalized spacial score (nSPS) is 11.4. The first-order chi connectivity index (χ1) is 17.4. The molecule has 0 radical (unpaired) electrons. The van der Waals surface area contributed by atoms with Gasteiger partial charge in [-0.1, -0.05) is 30.3 Å². The number of carbonyl (C=O) groups is 1. The second-order valence-corrected chi connectivity index (χ2v) is 8.83. The van der Waals surface area contributed by atoms with E-state index in [9.17, 15) is 4.79 Å². The topological polar surface area (TPSA) is 105 Å². The van der Waals surface area contributed by atoms with E-state index in [0.717, 1.165) is 33.3 Å². The van der Waals surface area contributed by atoms with E-state index in [1.54, 1.807) is 6.92 Å². The lowest BCUT2D eigenvalue weighted by atomic mass is 10.0. The number of aromatic nitrogens is 3. The molecular weight excluding hydrogens is 456 g/mol. The molecule has 0 saturated heterocycles. The lowest BCUT2D eigenvalue weighted by molar-refractivity contribution is -0.142. The van der Waals surface area contributed by atoms with E-state index >= 15 is 0 Å². The Labute approximate surface area is 208 Å². The molecule has 184 valence electrons. The van der Waals surface area contributed by atoms with E-state index < -0.39 is 0 Å². The summed E-state index contributed by atoms with van der Waals surface area (Å²) in [7, 11) is 0. The Morgan fingerprint density at radius 3 is 2.67 bits per heavy atom. The third-order valence-corrected chi connectivity index (χ3v) is 5.99. The number of hydrogen-bond donors (Lipinski definition) is 1. The molecular formula is C28H28N4O4. The zero-order chi connectivity index (χ0) is 25.2. The van der Waals surface area contributed by atoms with Crippen molar-refractivity contribution >= 4 is 34.0 Å². The summed E-state index contributed by atoms with van der Waals surface area (Å²) < 4.78 is 18.7. The Kier molecular flexibility index (Phi) is 6.33. The molecule has 8 nitrogen and oxygen atoms in total. The van der Waals surface area contributed by atoms with Gasteiger partial charge in [-0.15, -0.1) is 0 Å². The van der Waals surface area contributed by atoms with Crippen LogP contribution in [0, 0.1) is 0 Å². The number of carbonyl (C=O) groups excluding carboxylic acids is 1. The van der Waals surface area contributed by atoms with Gasteiger partial charge in [-0.3, -0.25) is 9.48 Å². The monoisotopic (exact) mass is 484 g/mol. The molecule has 0 atom stereocenters. The molecule has 0 fully saturated rings. The van der Waals surface area contributed by atoms with Gasteiger partial charge in [-0.2, -0.15) is 10.1 Å². The molecule has 5 rings (SSSR count). The zero-order valence-corrected chi connectivity index (χ0v) is 20.5. The number of fused-ring (bicyclic) bond motifs is 2. The van der Waals surface area contributed by atoms with Crippen LogP contribution in [0.4, 0.5) is 6.01 Å². The minimum atomic E-state index is -0.279. The molecule has 0 bridgehead atoms. The molecule has 0 amide bonds. The van der Waals surface area contributed by atoms with Crippen molar-refractivity contribution in [3.63, 3.8) is 0 Å². The molecule has 8 heteroatoms. The highest BCUT2D eigenvalue weighted by Gasteiger charge is 2.16. The molecule has 36 heavy (non-hydrogen) atoms. The Morgan fingerprint density at radius 2 is 1.86 bits per heavy atom. The Hall–Kier alpha value is -4.33. The molecule has 2 aromatic heterocycles. The number of hydrogen-bond acceptors (Lipinski definition) is 7. The summed E-state index contributed by atoms with van der Waals surface area (Å²) in [6.45, 7) is 6.60. The molecule has 0 aliphatic rings. The maximum atomic E-state index is 12.0. The first-order valence-electron chi connectivity index (χ1n) is 12.0. The van der Waals surface area contributed by atoms with Gasteiger partial charge in [0.2, 0.25) is 0 Å². The first kappa shape index (κ1) is 23.4. The van der Waals surface area contributed by atoms with E-state index in [-0.39, 0.29) is 31.1 Å². The van der Waals surface area contributed by atoms with Crippen molar-refractivity contribution in [2.75, 3.05) is 12.3 Å². The first-order valence-corrected chi connectivity index (χ1v) is 12.0. The fourth-order valence-corrected chi connectivity index (χ4v) is 4.31. The smallest absolute Gasteiger partial charge is 0.310 e. The highest BCUT2D eigenvalue weighted by molar-refractivity contribution is 5.89. The summed E-state index contributed by atoms with van der Waals surface area (Å²) in [4.78, 5) is 16.3. The van der Waals surface area contributed by atoms with Crippen molar-refractivity contribution in [3.05, 3.63) is 71.9 Å². The van der Waals surface area contributed by atoms with E-state index in [0.29, 0.717) is 23.5 Å². The van der Waals surface area contributed by atoms with Gasteiger partial charge in [0.25, 0.3) is 6.01 Å². The van der Waals surface area contributed by atoms with Crippen LogP contribution in [0.15, 0.2) is 65.1 Å². The van der Waals surface area contributed by atoms with Gasteiger partial charge >= 0.3 is 5.97 Å². The quantitative estimate of drug-likeness (QED) is 0.282. The predicted octanol–water partition coefficient (Wildman–Crippen LogP) is 5.69. The average Bonchev–Trinajstić information content (AvgIpc) is 3.42. The highest BCUT2D eigenvalue weighted by atomic mass is 16.5. The van der Waals surface area contributed by atoms with E-state index in [1.807, 2.05) is 47.1 Å². The van der Waals surface area contributed by atoms with Crippen LogP contribution in [0.1, 0.15) is 38.1 Å². The van der Waals surface area contributed by atoms with Gasteiger partial charge in [0.1, 0.15) is 23.6 Å². The number of benzene rings is 3. The summed E-state index contributed by atoms with van der Waals surface area (Å²) in [6.07, 6.45) is 0.157. The number of ether oxygens (including phenoxy) is 2. The minimum absolute atomic E-state index is 0.151. The SMILES string of the molecule is CCOC(=O)Cc1ccccc1OCc1nn(C(C)C)c2ccc(-c3ccc4oc(N)nc4c3)cc12. The number of nitrogen functional groups attached to an aromatic ring is 1. The summed E-state index contributed by atoms with van der Waals surface area (Å²) in [5, 5.41) is 5.87. The lowest BCUT2D eigenvalue weighted by Crippen LogP contribution is -2.09. The fourth-order valence-electron chi connectivity index (χ4n) is 4.31. The zero-order valence-electron chi connectivity index (χ0n) is 20.5. The van der Waals surface area contributed by atoms with Gasteiger partial charge in [0, 0.05) is 17.0 Å². The number of nitrogens with two attached hydrogens (primary N) is 1. The third-order valence-electron chi connectivity index (χ3n) is 5.99. The van der Waals surface area contributed by atoms with Crippen molar-refractivity contribution < 1.29 is 18.7 Å². The molecule has 5 aromatic rings. The van der Waals surface area contributed by atoms with Gasteiger partial charge < -0.3 is 19.6 Å². The standard InChI is InChI=1S/C28H28N4O4/c1-4-34-27(33)15-20-7-5-6-8-25(20)35-16-23-21-13-18(9-11-24(21)32(31-23)17(2)3)19-10-12-26-22(14-19)30-28(29)36-26/h5-14,17H,4,15-16H2,1-3H3,(H2,29,30). The Morgan fingerprint density at radius 1 is 1.08 bits per heavy atom. The Bertz CT molecular complexity index is 1550. The highest BCUT2D eigenvalue weighted by Crippen LogP contribution is 2.31. The molecule has 0 saturated carbocycles. The van der Waals surface area contributed by atoms with Crippen LogP contribution in [0.2, 0.25) is 0 Å². The summed E-state index contributed by atoms with van der Waals surface area (Å²) in [6, 6.07) is 19.9. The van der Waals surface area contributed by atoms with Crippen molar-refractivity contribution in [3.8, 4) is 16.9 Å². The average molecular weight is 485 g/mol. The van der Waals surface area contributed by atoms with Crippen LogP contribution in [0.3, 0.4) is 0 Å².